The number of hydrogen-bond acceptors (Lipinski definition) is 4. The molecule has 1 N–H and O–H groups in total. The fourth-order valence-corrected chi connectivity index (χ4v) is 4.62. The van der Waals surface area contributed by atoms with Crippen molar-refractivity contribution in [2.45, 2.75) is 19.3 Å². The fourth-order valence-electron chi connectivity index (χ4n) is 3.20. The van der Waals surface area contributed by atoms with Crippen molar-refractivity contribution in [2.75, 3.05) is 22.4 Å². The third kappa shape index (κ3) is 6.69. The van der Waals surface area contributed by atoms with Crippen molar-refractivity contribution in [3.05, 3.63) is 88.2 Å². The number of nitrogens with zero attached hydrogens (tertiary/aromatic N) is 2. The molecule has 0 saturated heterocycles. The number of rotatable bonds is 9. The molecule has 0 atom stereocenters. The van der Waals surface area contributed by atoms with Crippen molar-refractivity contribution in [2.24, 2.45) is 0 Å². The summed E-state index contributed by atoms with van der Waals surface area (Å²) >= 11 is 12.2. The number of halogens is 2. The molecule has 1 heterocycles. The van der Waals surface area contributed by atoms with E-state index in [-0.39, 0.29) is 28.9 Å². The van der Waals surface area contributed by atoms with Crippen LogP contribution in [0.5, 0.6) is 0 Å². The molecule has 0 aliphatic carbocycles. The second kappa shape index (κ2) is 10.8. The third-order valence-corrected chi connectivity index (χ3v) is 6.75. The summed E-state index contributed by atoms with van der Waals surface area (Å²) in [7, 11) is -3.59. The highest BCUT2D eigenvalue weighted by Gasteiger charge is 2.21. The minimum Gasteiger partial charge on any atom is -0.326 e. The van der Waals surface area contributed by atoms with E-state index in [0.29, 0.717) is 17.8 Å². The number of aromatic nitrogens is 1. The van der Waals surface area contributed by atoms with Gasteiger partial charge in [0.25, 0.3) is 0 Å². The summed E-state index contributed by atoms with van der Waals surface area (Å²) in [4.78, 5) is 16.4. The molecule has 0 unspecified atom stereocenters. The molecule has 0 fully saturated rings. The number of anilines is 2. The predicted octanol–water partition coefficient (Wildman–Crippen LogP) is 5.16. The van der Waals surface area contributed by atoms with Crippen LogP contribution in [0.2, 0.25) is 10.0 Å². The van der Waals surface area contributed by atoms with E-state index in [1.165, 1.54) is 4.31 Å². The van der Waals surface area contributed by atoms with E-state index in [0.717, 1.165) is 23.8 Å². The summed E-state index contributed by atoms with van der Waals surface area (Å²) in [6, 6.07) is 16.4. The first-order chi connectivity index (χ1) is 15.2. The summed E-state index contributed by atoms with van der Waals surface area (Å²) < 4.78 is 25.7. The van der Waals surface area contributed by atoms with Gasteiger partial charge in [-0.1, -0.05) is 41.4 Å². The first-order valence-electron chi connectivity index (χ1n) is 9.93. The Morgan fingerprint density at radius 3 is 2.31 bits per heavy atom. The highest BCUT2D eigenvalue weighted by atomic mass is 35.5. The topological polar surface area (TPSA) is 79.4 Å². The number of benzene rings is 2. The Labute approximate surface area is 198 Å². The van der Waals surface area contributed by atoms with Crippen LogP contribution < -0.4 is 9.62 Å². The zero-order valence-electron chi connectivity index (χ0n) is 17.5. The molecular formula is C23H23Cl2N3O3S. The van der Waals surface area contributed by atoms with Gasteiger partial charge in [-0.3, -0.25) is 14.1 Å². The van der Waals surface area contributed by atoms with Gasteiger partial charge in [0, 0.05) is 31.0 Å². The molecule has 0 bridgehead atoms. The Balaban J connectivity index is 1.55. The van der Waals surface area contributed by atoms with Crippen molar-refractivity contribution in [3.8, 4) is 0 Å². The maximum absolute atomic E-state index is 12.3. The van der Waals surface area contributed by atoms with Crippen molar-refractivity contribution in [1.29, 1.82) is 0 Å². The van der Waals surface area contributed by atoms with Crippen LogP contribution >= 0.6 is 23.2 Å². The van der Waals surface area contributed by atoms with E-state index in [1.54, 1.807) is 30.6 Å². The number of pyridine rings is 1. The Kier molecular flexibility index (Phi) is 8.12. The Hall–Kier alpha value is -2.61. The maximum atomic E-state index is 12.3. The maximum Gasteiger partial charge on any atom is 0.232 e. The lowest BCUT2D eigenvalue weighted by Gasteiger charge is -2.23. The SMILES string of the molecule is CS(=O)(=O)N(CCCC(=O)Nc1ccc(Cc2ccncc2)cc1)c1cccc(Cl)c1Cl. The van der Waals surface area contributed by atoms with E-state index in [4.69, 9.17) is 23.2 Å². The Morgan fingerprint density at radius 2 is 1.66 bits per heavy atom. The normalized spacial score (nSPS) is 11.2. The van der Waals surface area contributed by atoms with Gasteiger partial charge in [0.05, 0.1) is 22.0 Å². The van der Waals surface area contributed by atoms with Gasteiger partial charge in [0.1, 0.15) is 0 Å². The molecule has 0 aliphatic heterocycles. The van der Waals surface area contributed by atoms with Gasteiger partial charge in [-0.05, 0) is 60.4 Å². The van der Waals surface area contributed by atoms with Crippen LogP contribution in [0.4, 0.5) is 11.4 Å². The first-order valence-corrected chi connectivity index (χ1v) is 12.5. The Morgan fingerprint density at radius 1 is 1.00 bits per heavy atom. The largest absolute Gasteiger partial charge is 0.326 e. The average molecular weight is 492 g/mol. The van der Waals surface area contributed by atoms with Gasteiger partial charge in [0.15, 0.2) is 0 Å². The molecular weight excluding hydrogens is 469 g/mol. The lowest BCUT2D eigenvalue weighted by Crippen LogP contribution is -2.31. The second-order valence-electron chi connectivity index (χ2n) is 7.29. The number of hydrogen-bond donors (Lipinski definition) is 1. The van der Waals surface area contributed by atoms with Crippen LogP contribution in [-0.4, -0.2) is 32.1 Å². The molecule has 0 spiro atoms. The monoisotopic (exact) mass is 491 g/mol. The standard InChI is InChI=1S/C23H23Cl2N3O3S/c1-32(30,31)28(21-5-2-4-20(24)23(21)25)15-3-6-22(29)27-19-9-7-17(8-10-19)16-18-11-13-26-14-12-18/h2,4-5,7-14H,3,6,15-16H2,1H3,(H,27,29). The highest BCUT2D eigenvalue weighted by Crippen LogP contribution is 2.33. The minimum atomic E-state index is -3.59. The number of amides is 1. The zero-order chi connectivity index (χ0) is 23.1. The number of sulfonamides is 1. The van der Waals surface area contributed by atoms with Crippen LogP contribution in [-0.2, 0) is 21.2 Å². The number of carbonyl (C=O) groups is 1. The quantitative estimate of drug-likeness (QED) is 0.447. The fraction of sp³-hybridized carbons (Fsp3) is 0.217. The van der Waals surface area contributed by atoms with E-state index >= 15 is 0 Å². The first kappa shape index (κ1) is 24.0. The van der Waals surface area contributed by atoms with E-state index in [2.05, 4.69) is 10.3 Å². The van der Waals surface area contributed by atoms with Crippen molar-refractivity contribution >= 4 is 50.5 Å². The molecule has 0 aliphatic rings. The Bertz CT molecular complexity index is 1170. The van der Waals surface area contributed by atoms with E-state index in [9.17, 15) is 13.2 Å². The molecule has 1 amide bonds. The van der Waals surface area contributed by atoms with Gasteiger partial charge in [-0.15, -0.1) is 0 Å². The average Bonchev–Trinajstić information content (AvgIpc) is 2.75. The smallest absolute Gasteiger partial charge is 0.232 e. The van der Waals surface area contributed by atoms with Crippen LogP contribution in [0.15, 0.2) is 67.0 Å². The molecule has 9 heteroatoms. The van der Waals surface area contributed by atoms with Gasteiger partial charge < -0.3 is 5.32 Å². The van der Waals surface area contributed by atoms with Crippen LogP contribution in [0.25, 0.3) is 0 Å². The van der Waals surface area contributed by atoms with Gasteiger partial charge >= 0.3 is 0 Å². The molecule has 1 aromatic heterocycles. The lowest BCUT2D eigenvalue weighted by atomic mass is 10.1. The van der Waals surface area contributed by atoms with Crippen molar-refractivity contribution in [1.82, 2.24) is 4.98 Å². The molecule has 0 radical (unpaired) electrons. The summed E-state index contributed by atoms with van der Waals surface area (Å²) in [5, 5.41) is 3.27. The van der Waals surface area contributed by atoms with E-state index in [1.807, 2.05) is 36.4 Å². The molecule has 2 aromatic carbocycles. The molecule has 3 aromatic rings. The summed E-state index contributed by atoms with van der Waals surface area (Å²) in [5.74, 6) is -0.197. The predicted molar refractivity (Wildman–Crippen MR) is 130 cm³/mol. The molecule has 0 saturated carbocycles. The summed E-state index contributed by atoms with van der Waals surface area (Å²) in [6.45, 7) is 0.108. The summed E-state index contributed by atoms with van der Waals surface area (Å²) in [5.41, 5.74) is 3.27. The van der Waals surface area contributed by atoms with Crippen molar-refractivity contribution in [3.63, 3.8) is 0 Å². The number of carbonyl (C=O) groups excluding carboxylic acids is 1. The molecule has 3 rings (SSSR count). The molecule has 32 heavy (non-hydrogen) atoms. The number of nitrogens with one attached hydrogen (secondary N) is 1. The minimum absolute atomic E-state index is 0.108. The van der Waals surface area contributed by atoms with Gasteiger partial charge in [-0.2, -0.15) is 0 Å². The highest BCUT2D eigenvalue weighted by molar-refractivity contribution is 7.92. The van der Waals surface area contributed by atoms with Gasteiger partial charge in [-0.25, -0.2) is 8.42 Å². The van der Waals surface area contributed by atoms with Crippen LogP contribution in [0.3, 0.4) is 0 Å². The zero-order valence-corrected chi connectivity index (χ0v) is 19.8. The molecule has 6 nitrogen and oxygen atoms in total. The van der Waals surface area contributed by atoms with Gasteiger partial charge in [0.2, 0.25) is 15.9 Å². The van der Waals surface area contributed by atoms with Crippen LogP contribution in [0, 0.1) is 0 Å². The lowest BCUT2D eigenvalue weighted by molar-refractivity contribution is -0.116. The third-order valence-electron chi connectivity index (χ3n) is 4.76. The summed E-state index contributed by atoms with van der Waals surface area (Å²) in [6.07, 6.45) is 5.87. The van der Waals surface area contributed by atoms with Crippen molar-refractivity contribution < 1.29 is 13.2 Å². The molecule has 168 valence electrons. The van der Waals surface area contributed by atoms with Crippen LogP contribution in [0.1, 0.15) is 24.0 Å². The second-order valence-corrected chi connectivity index (χ2v) is 9.98. The van der Waals surface area contributed by atoms with E-state index < -0.39 is 10.0 Å².